The fourth-order valence-corrected chi connectivity index (χ4v) is 2.96. The Balaban J connectivity index is 2.38. The van der Waals surface area contributed by atoms with Crippen LogP contribution in [0, 0.1) is 0 Å². The van der Waals surface area contributed by atoms with Gasteiger partial charge in [-0.3, -0.25) is 4.99 Å². The molecule has 0 radical (unpaired) electrons. The van der Waals surface area contributed by atoms with E-state index in [-0.39, 0.29) is 0 Å². The highest BCUT2D eigenvalue weighted by Crippen LogP contribution is 2.32. The van der Waals surface area contributed by atoms with Gasteiger partial charge in [0.15, 0.2) is 0 Å². The Bertz CT molecular complexity index is 649. The second-order valence-electron chi connectivity index (χ2n) is 6.01. The molecule has 0 N–H and O–H groups in total. The molecule has 0 aliphatic carbocycles. The molecule has 0 saturated heterocycles. The average molecular weight is 294 g/mol. The number of hydrogen-bond acceptors (Lipinski definition) is 2. The summed E-state index contributed by atoms with van der Waals surface area (Å²) in [5.41, 5.74) is 7.19. The topological polar surface area (TPSA) is 15.6 Å². The van der Waals surface area contributed by atoms with Crippen molar-refractivity contribution >= 4 is 6.21 Å². The van der Waals surface area contributed by atoms with Crippen LogP contribution >= 0.6 is 0 Å². The molecular weight excluding hydrogens is 268 g/mol. The van der Waals surface area contributed by atoms with Crippen LogP contribution in [0.2, 0.25) is 0 Å². The number of hydrogen-bond donors (Lipinski definition) is 0. The lowest BCUT2D eigenvalue weighted by Gasteiger charge is -2.40. The fraction of sp³-hybridized carbons (Fsp3) is 0.350. The third kappa shape index (κ3) is 3.22. The van der Waals surface area contributed by atoms with Gasteiger partial charge in [0.2, 0.25) is 0 Å². The Morgan fingerprint density at radius 2 is 1.82 bits per heavy atom. The highest BCUT2D eigenvalue weighted by Gasteiger charge is 2.28. The Hall–Kier alpha value is -2.09. The Morgan fingerprint density at radius 1 is 1.18 bits per heavy atom. The van der Waals surface area contributed by atoms with Crippen LogP contribution in [0.15, 0.2) is 65.0 Å². The van der Waals surface area contributed by atoms with Gasteiger partial charge in [-0.05, 0) is 50.8 Å². The molecule has 116 valence electrons. The lowest BCUT2D eigenvalue weighted by atomic mass is 9.89. The quantitative estimate of drug-likeness (QED) is 0.438. The third-order valence-corrected chi connectivity index (χ3v) is 4.46. The molecule has 1 aliphatic heterocycles. The number of nitrogens with zero attached hydrogens (tertiary/aromatic N) is 2. The van der Waals surface area contributed by atoms with Crippen LogP contribution in [0.4, 0.5) is 0 Å². The lowest BCUT2D eigenvalue weighted by Crippen LogP contribution is -2.40. The van der Waals surface area contributed by atoms with Crippen molar-refractivity contribution in [3.63, 3.8) is 0 Å². The SMILES string of the molecule is C=C(C)C1Cc2ccccc2CN1C(=C)/C(C)=C(\C)N=CC. The molecule has 2 rings (SSSR count). The molecule has 1 unspecified atom stereocenters. The van der Waals surface area contributed by atoms with E-state index in [0.29, 0.717) is 6.04 Å². The average Bonchev–Trinajstić information content (AvgIpc) is 2.52. The summed E-state index contributed by atoms with van der Waals surface area (Å²) in [4.78, 5) is 6.77. The molecule has 0 amide bonds. The summed E-state index contributed by atoms with van der Waals surface area (Å²) in [7, 11) is 0. The minimum Gasteiger partial charge on any atom is -0.360 e. The number of rotatable bonds is 4. The maximum atomic E-state index is 4.40. The van der Waals surface area contributed by atoms with Crippen LogP contribution in [-0.2, 0) is 13.0 Å². The van der Waals surface area contributed by atoms with Crippen LogP contribution < -0.4 is 0 Å². The number of allylic oxidation sites excluding steroid dienone is 2. The molecular formula is C20H26N2. The van der Waals surface area contributed by atoms with E-state index in [0.717, 1.165) is 29.9 Å². The number of aliphatic imine (C=N–C) groups is 1. The van der Waals surface area contributed by atoms with Crippen molar-refractivity contribution in [1.29, 1.82) is 0 Å². The monoisotopic (exact) mass is 294 g/mol. The zero-order chi connectivity index (χ0) is 16.3. The second kappa shape index (κ2) is 6.78. The molecule has 1 atom stereocenters. The second-order valence-corrected chi connectivity index (χ2v) is 6.01. The molecule has 0 spiro atoms. The van der Waals surface area contributed by atoms with Crippen LogP contribution in [0.3, 0.4) is 0 Å². The van der Waals surface area contributed by atoms with E-state index in [1.807, 2.05) is 20.1 Å². The maximum Gasteiger partial charge on any atom is 0.0541 e. The van der Waals surface area contributed by atoms with Crippen molar-refractivity contribution < 1.29 is 0 Å². The van der Waals surface area contributed by atoms with Gasteiger partial charge >= 0.3 is 0 Å². The van der Waals surface area contributed by atoms with Crippen molar-refractivity contribution in [2.75, 3.05) is 0 Å². The summed E-state index contributed by atoms with van der Waals surface area (Å²) >= 11 is 0. The van der Waals surface area contributed by atoms with E-state index in [1.54, 1.807) is 0 Å². The largest absolute Gasteiger partial charge is 0.360 e. The summed E-state index contributed by atoms with van der Waals surface area (Å²) in [5.74, 6) is 0. The Kier molecular flexibility index (Phi) is 5.02. The van der Waals surface area contributed by atoms with Crippen LogP contribution in [-0.4, -0.2) is 17.2 Å². The van der Waals surface area contributed by atoms with Gasteiger partial charge in [-0.2, -0.15) is 0 Å². The highest BCUT2D eigenvalue weighted by atomic mass is 15.2. The lowest BCUT2D eigenvalue weighted by molar-refractivity contribution is 0.259. The Morgan fingerprint density at radius 3 is 2.41 bits per heavy atom. The summed E-state index contributed by atoms with van der Waals surface area (Å²) in [6, 6.07) is 8.96. The van der Waals surface area contributed by atoms with E-state index >= 15 is 0 Å². The molecule has 2 heteroatoms. The fourth-order valence-electron chi connectivity index (χ4n) is 2.96. The molecule has 0 aromatic heterocycles. The van der Waals surface area contributed by atoms with Crippen molar-refractivity contribution in [2.45, 2.75) is 46.7 Å². The smallest absolute Gasteiger partial charge is 0.0541 e. The first kappa shape index (κ1) is 16.3. The first-order valence-corrected chi connectivity index (χ1v) is 7.80. The molecule has 2 nitrogen and oxygen atoms in total. The van der Waals surface area contributed by atoms with Gasteiger partial charge in [0.1, 0.15) is 0 Å². The van der Waals surface area contributed by atoms with Crippen LogP contribution in [0.5, 0.6) is 0 Å². The van der Waals surface area contributed by atoms with Crippen LogP contribution in [0.1, 0.15) is 38.8 Å². The van der Waals surface area contributed by atoms with E-state index < -0.39 is 0 Å². The first-order chi connectivity index (χ1) is 10.5. The summed E-state index contributed by atoms with van der Waals surface area (Å²) in [5, 5.41) is 0. The normalized spacial score (nSPS) is 18.9. The Labute approximate surface area is 134 Å². The zero-order valence-electron chi connectivity index (χ0n) is 14.2. The standard InChI is InChI=1S/C20H26N2/c1-7-21-16(5)15(4)17(6)22-13-19-11-9-8-10-18(19)12-20(22)14(2)3/h7-11,20H,2,6,12-13H2,1,3-5H3/b16-15+,21-7?. The van der Waals surface area contributed by atoms with Crippen molar-refractivity contribution in [3.05, 3.63) is 71.1 Å². The van der Waals surface area contributed by atoms with Crippen LogP contribution in [0.25, 0.3) is 0 Å². The summed E-state index contributed by atoms with van der Waals surface area (Å²) in [6.07, 6.45) is 2.82. The summed E-state index contributed by atoms with van der Waals surface area (Å²) < 4.78 is 0. The molecule has 1 aromatic rings. The van der Waals surface area contributed by atoms with Gasteiger partial charge in [0.05, 0.1) is 6.04 Å². The van der Waals surface area contributed by atoms with Crippen molar-refractivity contribution in [2.24, 2.45) is 4.99 Å². The van der Waals surface area contributed by atoms with Gasteiger partial charge in [-0.25, -0.2) is 0 Å². The molecule has 0 bridgehead atoms. The predicted octanol–water partition coefficient (Wildman–Crippen LogP) is 4.89. The van der Waals surface area contributed by atoms with E-state index in [9.17, 15) is 0 Å². The molecule has 1 aromatic carbocycles. The van der Waals surface area contributed by atoms with Gasteiger partial charge in [-0.1, -0.05) is 43.0 Å². The van der Waals surface area contributed by atoms with Gasteiger partial charge < -0.3 is 4.90 Å². The highest BCUT2D eigenvalue weighted by molar-refractivity contribution is 5.56. The van der Waals surface area contributed by atoms with Gasteiger partial charge in [-0.15, -0.1) is 0 Å². The van der Waals surface area contributed by atoms with Gasteiger partial charge in [0, 0.05) is 24.2 Å². The van der Waals surface area contributed by atoms with Crippen molar-refractivity contribution in [1.82, 2.24) is 4.90 Å². The van der Waals surface area contributed by atoms with Crippen molar-refractivity contribution in [3.8, 4) is 0 Å². The van der Waals surface area contributed by atoms with E-state index in [2.05, 4.69) is 61.2 Å². The maximum absolute atomic E-state index is 4.40. The molecule has 1 heterocycles. The first-order valence-electron chi connectivity index (χ1n) is 7.80. The van der Waals surface area contributed by atoms with E-state index in [1.165, 1.54) is 16.7 Å². The minimum atomic E-state index is 0.302. The summed E-state index contributed by atoms with van der Waals surface area (Å²) in [6.45, 7) is 17.6. The minimum absolute atomic E-state index is 0.302. The number of fused-ring (bicyclic) bond motifs is 1. The predicted molar refractivity (Wildman–Crippen MR) is 96.0 cm³/mol. The molecule has 0 fully saturated rings. The number of benzene rings is 1. The third-order valence-electron chi connectivity index (χ3n) is 4.46. The molecule has 1 aliphatic rings. The molecule has 0 saturated carbocycles. The zero-order valence-corrected chi connectivity index (χ0v) is 14.2. The molecule has 22 heavy (non-hydrogen) atoms. The van der Waals surface area contributed by atoms with Gasteiger partial charge in [0.25, 0.3) is 0 Å². The van der Waals surface area contributed by atoms with E-state index in [4.69, 9.17) is 0 Å².